The van der Waals surface area contributed by atoms with E-state index in [1.54, 1.807) is 12.3 Å². The molecule has 0 amide bonds. The maximum absolute atomic E-state index is 5.97. The first-order chi connectivity index (χ1) is 12.8. The molecule has 3 aromatic heterocycles. The molecule has 26 heavy (non-hydrogen) atoms. The second-order valence-electron chi connectivity index (χ2n) is 5.87. The van der Waals surface area contributed by atoms with Crippen LogP contribution in [0.4, 0.5) is 5.82 Å². The fourth-order valence-electron chi connectivity index (χ4n) is 2.92. The topological polar surface area (TPSA) is 106 Å². The summed E-state index contributed by atoms with van der Waals surface area (Å²) in [6.07, 6.45) is 1.64. The van der Waals surface area contributed by atoms with Gasteiger partial charge in [0.1, 0.15) is 28.5 Å². The largest absolute Gasteiger partial charge is 0.456 e. The van der Waals surface area contributed by atoms with Gasteiger partial charge in [0.2, 0.25) is 0 Å². The fraction of sp³-hybridized carbons (Fsp3) is 0. The van der Waals surface area contributed by atoms with Crippen LogP contribution in [-0.4, -0.2) is 25.1 Å². The summed E-state index contributed by atoms with van der Waals surface area (Å²) in [7, 11) is 0. The smallest absolute Gasteiger partial charge is 0.186 e. The molecule has 0 spiro atoms. The van der Waals surface area contributed by atoms with Crippen LogP contribution in [0.3, 0.4) is 0 Å². The molecule has 0 unspecified atom stereocenters. The molecule has 0 bridgehead atoms. The second kappa shape index (κ2) is 5.59. The van der Waals surface area contributed by atoms with E-state index in [1.807, 2.05) is 48.5 Å². The van der Waals surface area contributed by atoms with Gasteiger partial charge in [0.05, 0.1) is 11.0 Å². The minimum Gasteiger partial charge on any atom is -0.456 e. The molecule has 0 aliphatic rings. The molecule has 0 saturated carbocycles. The Labute approximate surface area is 147 Å². The number of hydrogen-bond acceptors (Lipinski definition) is 5. The molecule has 7 heteroatoms. The summed E-state index contributed by atoms with van der Waals surface area (Å²) in [5.74, 6) is 2.56. The Hall–Kier alpha value is -3.87. The standard InChI is InChI=1S/C19H14N6O/c20-17-16-15(9-10-21-19(16)25-24-17)26-12-7-5-11(6-8-12)18-22-13-3-1-2-4-14(13)23-18/h1-10H,(H,22,23)(H3,20,21,24,25). The van der Waals surface area contributed by atoms with E-state index < -0.39 is 0 Å². The zero-order valence-corrected chi connectivity index (χ0v) is 13.6. The van der Waals surface area contributed by atoms with E-state index in [1.165, 1.54) is 0 Å². The van der Waals surface area contributed by atoms with Gasteiger partial charge in [-0.25, -0.2) is 9.97 Å². The number of H-pyrrole nitrogens is 2. The molecule has 0 radical (unpaired) electrons. The number of nitrogen functional groups attached to an aromatic ring is 1. The average Bonchev–Trinajstić information content (AvgIpc) is 3.27. The second-order valence-corrected chi connectivity index (χ2v) is 5.87. The highest BCUT2D eigenvalue weighted by Crippen LogP contribution is 2.32. The molecule has 0 atom stereocenters. The van der Waals surface area contributed by atoms with E-state index in [0.717, 1.165) is 22.4 Å². The number of benzene rings is 2. The molecule has 0 aliphatic heterocycles. The Bertz CT molecular complexity index is 1190. The summed E-state index contributed by atoms with van der Waals surface area (Å²) >= 11 is 0. The Morgan fingerprint density at radius 1 is 0.962 bits per heavy atom. The van der Waals surface area contributed by atoms with Crippen molar-refractivity contribution >= 4 is 27.9 Å². The molecule has 126 valence electrons. The minimum atomic E-state index is 0.432. The molecule has 0 aliphatic carbocycles. The van der Waals surface area contributed by atoms with Crippen molar-refractivity contribution < 1.29 is 4.74 Å². The number of imidazole rings is 1. The first-order valence-corrected chi connectivity index (χ1v) is 8.09. The van der Waals surface area contributed by atoms with Crippen LogP contribution in [0.1, 0.15) is 0 Å². The first kappa shape index (κ1) is 14.5. The highest BCUT2D eigenvalue weighted by molar-refractivity contribution is 5.91. The Balaban J connectivity index is 1.47. The molecule has 0 saturated heterocycles. The van der Waals surface area contributed by atoms with Crippen LogP contribution in [0, 0.1) is 0 Å². The van der Waals surface area contributed by atoms with Gasteiger partial charge < -0.3 is 15.5 Å². The summed E-state index contributed by atoms with van der Waals surface area (Å²) < 4.78 is 5.97. The van der Waals surface area contributed by atoms with Gasteiger partial charge in [0, 0.05) is 17.8 Å². The van der Waals surface area contributed by atoms with Gasteiger partial charge in [-0.1, -0.05) is 12.1 Å². The number of aromatic amines is 2. The molecule has 5 aromatic rings. The number of hydrogen-bond donors (Lipinski definition) is 3. The number of ether oxygens (including phenoxy) is 1. The SMILES string of the molecule is Nc1[nH]nc2nccc(Oc3ccc(-c4nc5ccccc5[nH]4)cc3)c12. The van der Waals surface area contributed by atoms with Crippen LogP contribution in [0.25, 0.3) is 33.5 Å². The zero-order chi connectivity index (χ0) is 17.5. The van der Waals surface area contributed by atoms with Gasteiger partial charge in [0.25, 0.3) is 0 Å². The third kappa shape index (κ3) is 2.34. The van der Waals surface area contributed by atoms with E-state index in [4.69, 9.17) is 10.5 Å². The number of aromatic nitrogens is 5. The molecular weight excluding hydrogens is 328 g/mol. The lowest BCUT2D eigenvalue weighted by Crippen LogP contribution is -1.90. The minimum absolute atomic E-state index is 0.432. The average molecular weight is 342 g/mol. The van der Waals surface area contributed by atoms with Crippen molar-refractivity contribution in [2.24, 2.45) is 0 Å². The van der Waals surface area contributed by atoms with Gasteiger partial charge in [0.15, 0.2) is 5.65 Å². The zero-order valence-electron chi connectivity index (χ0n) is 13.6. The molecule has 0 fully saturated rings. The monoisotopic (exact) mass is 342 g/mol. The van der Waals surface area contributed by atoms with E-state index in [9.17, 15) is 0 Å². The van der Waals surface area contributed by atoms with Gasteiger partial charge in [-0.2, -0.15) is 5.10 Å². The van der Waals surface area contributed by atoms with E-state index in [0.29, 0.717) is 28.4 Å². The van der Waals surface area contributed by atoms with Gasteiger partial charge >= 0.3 is 0 Å². The van der Waals surface area contributed by atoms with Crippen molar-refractivity contribution in [2.75, 3.05) is 5.73 Å². The van der Waals surface area contributed by atoms with Crippen molar-refractivity contribution in [3.05, 3.63) is 60.8 Å². The van der Waals surface area contributed by atoms with Crippen molar-refractivity contribution in [3.63, 3.8) is 0 Å². The predicted molar refractivity (Wildman–Crippen MR) is 99.9 cm³/mol. The number of fused-ring (bicyclic) bond motifs is 2. The Kier molecular flexibility index (Phi) is 3.11. The molecule has 2 aromatic carbocycles. The van der Waals surface area contributed by atoms with Crippen LogP contribution in [0.5, 0.6) is 11.5 Å². The Morgan fingerprint density at radius 2 is 1.81 bits per heavy atom. The van der Waals surface area contributed by atoms with Crippen molar-refractivity contribution in [1.82, 2.24) is 25.1 Å². The number of rotatable bonds is 3. The summed E-state index contributed by atoms with van der Waals surface area (Å²) in [6, 6.07) is 17.4. The van der Waals surface area contributed by atoms with Gasteiger partial charge in [-0.15, -0.1) is 0 Å². The van der Waals surface area contributed by atoms with Crippen LogP contribution in [0.2, 0.25) is 0 Å². The fourth-order valence-corrected chi connectivity index (χ4v) is 2.92. The lowest BCUT2D eigenvalue weighted by molar-refractivity contribution is 0.488. The van der Waals surface area contributed by atoms with E-state index in [-0.39, 0.29) is 0 Å². The summed E-state index contributed by atoms with van der Waals surface area (Å²) in [6.45, 7) is 0. The van der Waals surface area contributed by atoms with Crippen molar-refractivity contribution in [2.45, 2.75) is 0 Å². The lowest BCUT2D eigenvalue weighted by atomic mass is 10.2. The third-order valence-corrected chi connectivity index (χ3v) is 4.19. The van der Waals surface area contributed by atoms with Gasteiger partial charge in [-0.05, 0) is 36.4 Å². The quantitative estimate of drug-likeness (QED) is 0.461. The maximum atomic E-state index is 5.97. The third-order valence-electron chi connectivity index (χ3n) is 4.19. The summed E-state index contributed by atoms with van der Waals surface area (Å²) in [5, 5.41) is 7.44. The number of pyridine rings is 1. The number of anilines is 1. The van der Waals surface area contributed by atoms with Crippen LogP contribution < -0.4 is 10.5 Å². The summed E-state index contributed by atoms with van der Waals surface area (Å²) in [5.41, 5.74) is 9.38. The van der Waals surface area contributed by atoms with Crippen LogP contribution >= 0.6 is 0 Å². The normalized spacial score (nSPS) is 11.2. The Morgan fingerprint density at radius 3 is 2.65 bits per heavy atom. The maximum Gasteiger partial charge on any atom is 0.186 e. The van der Waals surface area contributed by atoms with Crippen molar-refractivity contribution in [1.29, 1.82) is 0 Å². The molecule has 5 rings (SSSR count). The molecule has 3 heterocycles. The summed E-state index contributed by atoms with van der Waals surface area (Å²) in [4.78, 5) is 12.1. The highest BCUT2D eigenvalue weighted by atomic mass is 16.5. The number of nitrogens with zero attached hydrogens (tertiary/aromatic N) is 3. The molecular formula is C19H14N6O. The van der Waals surface area contributed by atoms with Crippen LogP contribution in [0.15, 0.2) is 60.8 Å². The molecule has 7 nitrogen and oxygen atoms in total. The highest BCUT2D eigenvalue weighted by Gasteiger charge is 2.11. The van der Waals surface area contributed by atoms with Crippen molar-refractivity contribution in [3.8, 4) is 22.9 Å². The number of nitrogens with one attached hydrogen (secondary N) is 2. The number of para-hydroxylation sites is 2. The lowest BCUT2D eigenvalue weighted by Gasteiger charge is -2.07. The molecule has 4 N–H and O–H groups in total. The van der Waals surface area contributed by atoms with Crippen LogP contribution in [-0.2, 0) is 0 Å². The first-order valence-electron chi connectivity index (χ1n) is 8.09. The predicted octanol–water partition coefficient (Wildman–Crippen LogP) is 3.88. The van der Waals surface area contributed by atoms with Gasteiger partial charge in [-0.3, -0.25) is 5.10 Å². The number of nitrogens with two attached hydrogens (primary N) is 1. The van der Waals surface area contributed by atoms with E-state index in [2.05, 4.69) is 25.1 Å². The van der Waals surface area contributed by atoms with E-state index >= 15 is 0 Å².